The van der Waals surface area contributed by atoms with E-state index in [1.807, 2.05) is 25.2 Å². The number of carbonyl (C=O) groups is 2. The molecular formula is C34H38F2N4O2. The first-order valence-corrected chi connectivity index (χ1v) is 14.4. The second kappa shape index (κ2) is 14.2. The van der Waals surface area contributed by atoms with Gasteiger partial charge in [-0.2, -0.15) is 0 Å². The molecule has 220 valence electrons. The first kappa shape index (κ1) is 30.9. The van der Waals surface area contributed by atoms with Crippen molar-refractivity contribution in [3.8, 4) is 11.8 Å². The van der Waals surface area contributed by atoms with Crippen LogP contribution in [0, 0.1) is 29.4 Å². The maximum absolute atomic E-state index is 13.3. The molecule has 1 heterocycles. The van der Waals surface area contributed by atoms with Gasteiger partial charge in [-0.3, -0.25) is 14.5 Å². The maximum Gasteiger partial charge on any atom is 0.243 e. The molecular weight excluding hydrogens is 534 g/mol. The van der Waals surface area contributed by atoms with Gasteiger partial charge in [0.25, 0.3) is 0 Å². The summed E-state index contributed by atoms with van der Waals surface area (Å²) in [6.07, 6.45) is 7.16. The Hall–Kier alpha value is -4.09. The van der Waals surface area contributed by atoms with E-state index in [1.54, 1.807) is 17.2 Å². The molecule has 1 N–H and O–H groups in total. The molecule has 1 saturated carbocycles. The van der Waals surface area contributed by atoms with Gasteiger partial charge in [0.05, 0.1) is 6.54 Å². The van der Waals surface area contributed by atoms with Gasteiger partial charge in [0, 0.05) is 30.8 Å². The zero-order chi connectivity index (χ0) is 30.1. The summed E-state index contributed by atoms with van der Waals surface area (Å²) >= 11 is 0. The molecule has 6 nitrogen and oxygen atoms in total. The number of rotatable bonds is 6. The summed E-state index contributed by atoms with van der Waals surface area (Å²) < 4.78 is 23.9. The zero-order valence-corrected chi connectivity index (χ0v) is 24.5. The van der Waals surface area contributed by atoms with Crippen molar-refractivity contribution < 1.29 is 18.4 Å². The van der Waals surface area contributed by atoms with Crippen molar-refractivity contribution in [3.63, 3.8) is 0 Å². The van der Waals surface area contributed by atoms with Gasteiger partial charge in [0.15, 0.2) is 0 Å². The van der Waals surface area contributed by atoms with Crippen LogP contribution in [-0.4, -0.2) is 59.3 Å². The van der Waals surface area contributed by atoms with Gasteiger partial charge in [0.1, 0.15) is 23.0 Å². The van der Waals surface area contributed by atoms with Crippen molar-refractivity contribution in [2.45, 2.75) is 51.0 Å². The molecule has 2 amide bonds. The van der Waals surface area contributed by atoms with Gasteiger partial charge in [0.2, 0.25) is 11.8 Å². The van der Waals surface area contributed by atoms with Crippen molar-refractivity contribution in [2.24, 2.45) is 5.92 Å². The fraction of sp³-hybridized carbons (Fsp3) is 0.382. The third kappa shape index (κ3) is 7.59. The summed E-state index contributed by atoms with van der Waals surface area (Å²) in [6, 6.07) is 16.2. The Morgan fingerprint density at radius 2 is 1.69 bits per heavy atom. The fourth-order valence-corrected chi connectivity index (χ4v) is 5.71. The van der Waals surface area contributed by atoms with Crippen LogP contribution in [-0.2, 0) is 22.4 Å². The van der Waals surface area contributed by atoms with Crippen LogP contribution in [0.2, 0.25) is 0 Å². The number of carbonyl (C=O) groups excluding carboxylic acids is 2. The molecule has 2 aromatic carbocycles. The molecule has 0 spiro atoms. The molecule has 0 aliphatic heterocycles. The molecule has 2 aliphatic rings. The normalized spacial score (nSPS) is 16.5. The van der Waals surface area contributed by atoms with Crippen LogP contribution < -0.4 is 5.32 Å². The predicted octanol–water partition coefficient (Wildman–Crippen LogP) is 5.47. The Bertz CT molecular complexity index is 1430. The van der Waals surface area contributed by atoms with Gasteiger partial charge in [-0.05, 0) is 86.8 Å². The largest absolute Gasteiger partial charge is 0.333 e. The van der Waals surface area contributed by atoms with Crippen LogP contribution in [0.25, 0.3) is 0 Å². The standard InChI is InChI=1S/C28H34N4O2.C6H4F2/c1-4-32(3)28(14-6-7-15-28)27(34)31(2)17-9-10-21-12-13-22-19-24(20-23(22)18-21)26(33)30-25-11-5-8-16-29-25;7-5-2-1-3-6(8)4-5/h5,8,11-13,16,18,24H,4,6-7,14-15,17,19-20H2,1-3H3,(H,29,30,33);1-4H/t24-;/m1./s1. The van der Waals surface area contributed by atoms with E-state index in [2.05, 4.69) is 53.1 Å². The molecule has 42 heavy (non-hydrogen) atoms. The molecule has 3 aromatic rings. The smallest absolute Gasteiger partial charge is 0.243 e. The molecule has 0 saturated heterocycles. The molecule has 0 unspecified atom stereocenters. The topological polar surface area (TPSA) is 65.5 Å². The Balaban J connectivity index is 0.000000437. The highest BCUT2D eigenvalue weighted by molar-refractivity contribution is 5.92. The number of pyridine rings is 1. The Morgan fingerprint density at radius 3 is 2.31 bits per heavy atom. The number of nitrogens with one attached hydrogen (secondary N) is 1. The van der Waals surface area contributed by atoms with E-state index < -0.39 is 11.6 Å². The lowest BCUT2D eigenvalue weighted by Gasteiger charge is -2.39. The predicted molar refractivity (Wildman–Crippen MR) is 161 cm³/mol. The van der Waals surface area contributed by atoms with E-state index in [0.717, 1.165) is 50.3 Å². The average Bonchev–Trinajstić information content (AvgIpc) is 3.65. The highest BCUT2D eigenvalue weighted by Crippen LogP contribution is 2.36. The first-order chi connectivity index (χ1) is 20.2. The molecule has 2 aliphatic carbocycles. The zero-order valence-electron chi connectivity index (χ0n) is 24.5. The SMILES string of the molecule is CCN(C)C1(C(=O)N(C)CC#Cc2ccc3c(c2)C[C@H](C(=O)Nc2ccccn2)C3)CCCC1.Fc1cccc(F)c1. The van der Waals surface area contributed by atoms with Crippen LogP contribution in [0.1, 0.15) is 49.3 Å². The van der Waals surface area contributed by atoms with E-state index in [0.29, 0.717) is 18.8 Å². The van der Waals surface area contributed by atoms with E-state index in [9.17, 15) is 18.4 Å². The monoisotopic (exact) mass is 572 g/mol. The number of aromatic nitrogens is 1. The summed E-state index contributed by atoms with van der Waals surface area (Å²) in [5.41, 5.74) is 2.92. The van der Waals surface area contributed by atoms with Crippen molar-refractivity contribution >= 4 is 17.6 Å². The number of anilines is 1. The second-order valence-electron chi connectivity index (χ2n) is 10.9. The Labute approximate surface area is 247 Å². The number of hydrogen-bond donors (Lipinski definition) is 1. The highest BCUT2D eigenvalue weighted by atomic mass is 19.1. The average molecular weight is 573 g/mol. The third-order valence-corrected chi connectivity index (χ3v) is 8.14. The van der Waals surface area contributed by atoms with Crippen molar-refractivity contribution in [1.82, 2.24) is 14.8 Å². The fourth-order valence-electron chi connectivity index (χ4n) is 5.71. The Morgan fingerprint density at radius 1 is 0.976 bits per heavy atom. The third-order valence-electron chi connectivity index (χ3n) is 8.14. The van der Waals surface area contributed by atoms with Gasteiger partial charge >= 0.3 is 0 Å². The Kier molecular flexibility index (Phi) is 10.4. The van der Waals surface area contributed by atoms with Crippen molar-refractivity contribution in [1.29, 1.82) is 0 Å². The van der Waals surface area contributed by atoms with Crippen LogP contribution in [0.3, 0.4) is 0 Å². The molecule has 1 atom stereocenters. The molecule has 1 fully saturated rings. The van der Waals surface area contributed by atoms with Crippen LogP contribution >= 0.6 is 0 Å². The number of nitrogens with zero attached hydrogens (tertiary/aromatic N) is 3. The lowest BCUT2D eigenvalue weighted by molar-refractivity contribution is -0.141. The maximum atomic E-state index is 13.3. The van der Waals surface area contributed by atoms with Gasteiger partial charge < -0.3 is 10.2 Å². The van der Waals surface area contributed by atoms with Crippen LogP contribution in [0.15, 0.2) is 66.9 Å². The minimum atomic E-state index is -0.537. The quantitative estimate of drug-likeness (QED) is 0.398. The lowest BCUT2D eigenvalue weighted by atomic mass is 9.93. The molecule has 8 heteroatoms. The number of likely N-dealkylation sites (N-methyl/N-ethyl adjacent to an activating group) is 2. The van der Waals surface area contributed by atoms with Crippen LogP contribution in [0.4, 0.5) is 14.6 Å². The highest BCUT2D eigenvalue weighted by Gasteiger charge is 2.45. The number of hydrogen-bond acceptors (Lipinski definition) is 4. The molecule has 5 rings (SSSR count). The van der Waals surface area contributed by atoms with Gasteiger partial charge in [-0.25, -0.2) is 13.8 Å². The number of fused-ring (bicyclic) bond motifs is 1. The summed E-state index contributed by atoms with van der Waals surface area (Å²) in [5.74, 6) is 6.00. The minimum absolute atomic E-state index is 0.000519. The number of halogens is 2. The van der Waals surface area contributed by atoms with Crippen molar-refractivity contribution in [3.05, 3.63) is 95.2 Å². The van der Waals surface area contributed by atoms with Crippen molar-refractivity contribution in [2.75, 3.05) is 32.5 Å². The number of amides is 2. The van der Waals surface area contributed by atoms with Gasteiger partial charge in [-0.1, -0.05) is 49.8 Å². The van der Waals surface area contributed by atoms with E-state index >= 15 is 0 Å². The molecule has 0 radical (unpaired) electrons. The lowest BCUT2D eigenvalue weighted by Crippen LogP contribution is -2.56. The van der Waals surface area contributed by atoms with E-state index in [-0.39, 0.29) is 23.3 Å². The number of benzene rings is 2. The minimum Gasteiger partial charge on any atom is -0.333 e. The van der Waals surface area contributed by atoms with E-state index in [1.165, 1.54) is 29.3 Å². The summed E-state index contributed by atoms with van der Waals surface area (Å²) in [4.78, 5) is 34.1. The summed E-state index contributed by atoms with van der Waals surface area (Å²) in [6.45, 7) is 3.37. The molecule has 0 bridgehead atoms. The van der Waals surface area contributed by atoms with Crippen LogP contribution in [0.5, 0.6) is 0 Å². The summed E-state index contributed by atoms with van der Waals surface area (Å²) in [5, 5.41) is 2.91. The van der Waals surface area contributed by atoms with E-state index in [4.69, 9.17) is 0 Å². The first-order valence-electron chi connectivity index (χ1n) is 14.4. The molecule has 1 aromatic heterocycles. The second-order valence-corrected chi connectivity index (χ2v) is 10.9. The summed E-state index contributed by atoms with van der Waals surface area (Å²) in [7, 11) is 3.91. The van der Waals surface area contributed by atoms with Gasteiger partial charge in [-0.15, -0.1) is 0 Å².